The Morgan fingerprint density at radius 1 is 0.442 bits per heavy atom. The number of quaternary nitrogens is 1. The first-order valence-corrected chi connectivity index (χ1v) is 21.8. The van der Waals surface area contributed by atoms with Gasteiger partial charge in [0, 0.05) is 32.1 Å². The summed E-state index contributed by atoms with van der Waals surface area (Å²) in [6.07, 6.45) is 0. The fraction of sp³-hybridized carbons (Fsp3) is 0.222. The van der Waals surface area contributed by atoms with E-state index in [2.05, 4.69) is 203 Å². The molecule has 0 fully saturated rings. The highest BCUT2D eigenvalue weighted by Gasteiger charge is 2.22. The maximum absolute atomic E-state index is 12.9. The Hall–Kier alpha value is 2.60. The number of benzene rings is 3. The number of carbonyl (C=O) groups is 3. The van der Waals surface area contributed by atoms with Crippen LogP contribution in [0, 0.1) is 32.1 Å². The summed E-state index contributed by atoms with van der Waals surface area (Å²) in [6, 6.07) is 11.6. The van der Waals surface area contributed by atoms with Crippen LogP contribution >= 0.6 is 203 Å². The number of rotatable bonds is 12. The molecule has 0 saturated heterocycles. The van der Waals surface area contributed by atoms with Gasteiger partial charge in [-0.05, 0) is 240 Å². The van der Waals surface area contributed by atoms with Crippen molar-refractivity contribution in [2.75, 3.05) is 39.5 Å². The zero-order valence-electron chi connectivity index (χ0n) is 21.6. The van der Waals surface area contributed by atoms with Crippen molar-refractivity contribution in [3.63, 3.8) is 0 Å². The van der Waals surface area contributed by atoms with Crippen molar-refractivity contribution in [1.29, 1.82) is 0 Å². The number of halogens is 9. The van der Waals surface area contributed by atoms with Crippen LogP contribution < -0.4 is 4.90 Å². The number of carbonyl (C=O) groups excluding carboxylic acids is 3. The Morgan fingerprint density at radius 3 is 0.930 bits per heavy atom. The molecule has 3 aromatic carbocycles. The van der Waals surface area contributed by atoms with E-state index in [4.69, 9.17) is 14.2 Å². The van der Waals surface area contributed by atoms with Crippen LogP contribution in [0.2, 0.25) is 0 Å². The molecule has 3 rings (SSSR count). The van der Waals surface area contributed by atoms with Crippen molar-refractivity contribution in [2.24, 2.45) is 0 Å². The van der Waals surface area contributed by atoms with Gasteiger partial charge in [0.1, 0.15) is 39.5 Å². The molecule has 0 heterocycles. The summed E-state index contributed by atoms with van der Waals surface area (Å²) in [4.78, 5) is 39.8. The third-order valence-electron chi connectivity index (χ3n) is 5.81. The SMILES string of the molecule is O=C(OCC[NH+](CCOC(=O)c1c(I)ccc(I)c1I)CCOC(=O)c1c(I)ccc(I)c1I)c1c(I)ccc(I)c1I. The first-order chi connectivity index (χ1) is 20.3. The normalized spacial score (nSPS) is 11.0. The highest BCUT2D eigenvalue weighted by atomic mass is 127. The van der Waals surface area contributed by atoms with Crippen molar-refractivity contribution in [1.82, 2.24) is 0 Å². The summed E-state index contributed by atoms with van der Waals surface area (Å²) in [6.45, 7) is 1.84. The minimum atomic E-state index is -0.379. The van der Waals surface area contributed by atoms with Gasteiger partial charge in [-0.2, -0.15) is 0 Å². The molecule has 0 atom stereocenters. The Morgan fingerprint density at radius 2 is 0.674 bits per heavy atom. The molecule has 43 heavy (non-hydrogen) atoms. The molecule has 16 heteroatoms. The fourth-order valence-corrected chi connectivity index (χ4v) is 10.6. The predicted molar refractivity (Wildman–Crippen MR) is 240 cm³/mol. The van der Waals surface area contributed by atoms with Gasteiger partial charge in [0.05, 0.1) is 16.7 Å². The summed E-state index contributed by atoms with van der Waals surface area (Å²) in [5.74, 6) is -1.14. The Kier molecular flexibility index (Phi) is 18.3. The molecule has 230 valence electrons. The molecule has 0 saturated carbocycles. The van der Waals surface area contributed by atoms with Crippen molar-refractivity contribution in [3.8, 4) is 0 Å². The molecular weight excluding hydrogens is 1580 g/mol. The number of hydrogen-bond acceptors (Lipinski definition) is 6. The lowest BCUT2D eigenvalue weighted by Crippen LogP contribution is -3.13. The number of nitrogens with one attached hydrogen (secondary N) is 1. The molecule has 7 nitrogen and oxygen atoms in total. The van der Waals surface area contributed by atoms with E-state index < -0.39 is 0 Å². The minimum absolute atomic E-state index is 0.160. The average molecular weight is 1600 g/mol. The smallest absolute Gasteiger partial charge is 0.340 e. The molecule has 0 unspecified atom stereocenters. The maximum atomic E-state index is 12.9. The summed E-state index contributed by atoms with van der Waals surface area (Å²) in [5.41, 5.74) is 1.67. The molecule has 3 aromatic rings. The molecule has 0 aromatic heterocycles. The summed E-state index contributed by atoms with van der Waals surface area (Å²) in [7, 11) is 0. The second kappa shape index (κ2) is 19.7. The van der Waals surface area contributed by atoms with Gasteiger partial charge in [-0.1, -0.05) is 0 Å². The quantitative estimate of drug-likeness (QED) is 0.0861. The molecular formula is C27H19I9NO6+. The molecule has 0 amide bonds. The third-order valence-corrected chi connectivity index (χ3v) is 17.7. The average Bonchev–Trinajstić information content (AvgIpc) is 2.95. The van der Waals surface area contributed by atoms with Crippen LogP contribution in [-0.2, 0) is 14.2 Å². The van der Waals surface area contributed by atoms with E-state index in [1.54, 1.807) is 0 Å². The van der Waals surface area contributed by atoms with Crippen LogP contribution in [0.4, 0.5) is 0 Å². The van der Waals surface area contributed by atoms with Gasteiger partial charge in [-0.25, -0.2) is 14.4 Å². The van der Waals surface area contributed by atoms with Crippen LogP contribution in [0.3, 0.4) is 0 Å². The lowest BCUT2D eigenvalue weighted by atomic mass is 10.2. The lowest BCUT2D eigenvalue weighted by molar-refractivity contribution is -0.900. The maximum Gasteiger partial charge on any atom is 0.340 e. The van der Waals surface area contributed by atoms with E-state index in [1.165, 1.54) is 0 Å². The number of ether oxygens (including phenoxy) is 3. The van der Waals surface area contributed by atoms with Gasteiger partial charge >= 0.3 is 17.9 Å². The van der Waals surface area contributed by atoms with Gasteiger partial charge in [0.25, 0.3) is 0 Å². The van der Waals surface area contributed by atoms with Crippen molar-refractivity contribution >= 4 is 221 Å². The van der Waals surface area contributed by atoms with E-state index in [1.807, 2.05) is 36.4 Å². The van der Waals surface area contributed by atoms with E-state index in [9.17, 15) is 14.4 Å². The second-order valence-corrected chi connectivity index (χ2v) is 18.8. The molecule has 0 aliphatic carbocycles. The van der Waals surface area contributed by atoms with Crippen LogP contribution in [0.5, 0.6) is 0 Å². The van der Waals surface area contributed by atoms with Gasteiger partial charge < -0.3 is 19.1 Å². The van der Waals surface area contributed by atoms with E-state index in [0.29, 0.717) is 36.3 Å². The first-order valence-electron chi connectivity index (χ1n) is 12.1. The molecule has 0 radical (unpaired) electrons. The predicted octanol–water partition coefficient (Wildman–Crippen LogP) is 7.88. The summed E-state index contributed by atoms with van der Waals surface area (Å²) in [5, 5.41) is 0. The third kappa shape index (κ3) is 11.6. The molecule has 0 aliphatic heterocycles. The van der Waals surface area contributed by atoms with Gasteiger partial charge in [-0.15, -0.1) is 0 Å². The van der Waals surface area contributed by atoms with Gasteiger partial charge in [-0.3, -0.25) is 0 Å². The summed E-state index contributed by atoms with van der Waals surface area (Å²) >= 11 is 19.5. The van der Waals surface area contributed by atoms with Gasteiger partial charge in [0.15, 0.2) is 0 Å². The Labute approximate surface area is 372 Å². The van der Waals surface area contributed by atoms with Gasteiger partial charge in [0.2, 0.25) is 0 Å². The van der Waals surface area contributed by atoms with E-state index in [-0.39, 0.29) is 37.7 Å². The number of esters is 3. The topological polar surface area (TPSA) is 83.3 Å². The molecule has 1 N–H and O–H groups in total. The van der Waals surface area contributed by atoms with Crippen LogP contribution in [0.15, 0.2) is 36.4 Å². The largest absolute Gasteiger partial charge is 0.456 e. The van der Waals surface area contributed by atoms with E-state index >= 15 is 0 Å². The molecule has 0 bridgehead atoms. The fourth-order valence-electron chi connectivity index (χ4n) is 3.60. The minimum Gasteiger partial charge on any atom is -0.456 e. The zero-order valence-corrected chi connectivity index (χ0v) is 41.0. The van der Waals surface area contributed by atoms with Crippen molar-refractivity contribution in [2.45, 2.75) is 0 Å². The Bertz CT molecular complexity index is 1360. The zero-order chi connectivity index (χ0) is 31.8. The summed E-state index contributed by atoms with van der Waals surface area (Å²) < 4.78 is 25.0. The second-order valence-electron chi connectivity index (χ2n) is 8.56. The first kappa shape index (κ1) is 40.0. The molecule has 0 aliphatic rings. The highest BCUT2D eigenvalue weighted by Crippen LogP contribution is 2.27. The van der Waals surface area contributed by atoms with Crippen LogP contribution in [0.25, 0.3) is 0 Å². The monoisotopic (exact) mass is 1600 g/mol. The van der Waals surface area contributed by atoms with Crippen LogP contribution in [0.1, 0.15) is 31.1 Å². The molecule has 0 spiro atoms. The van der Waals surface area contributed by atoms with Crippen LogP contribution in [-0.4, -0.2) is 57.4 Å². The standard InChI is InChI=1S/C27H18I9NO6/c28-13-1-4-16(31)22(34)19(13)25(38)41-10-7-37(8-11-42-26(39)20-14(29)2-5-17(32)23(20)35)9-12-43-27(40)21-15(30)3-6-18(33)24(21)36/h1-6H,7-12H2/p+1. The van der Waals surface area contributed by atoms with Crippen molar-refractivity contribution in [3.05, 3.63) is 85.2 Å². The van der Waals surface area contributed by atoms with Crippen molar-refractivity contribution < 1.29 is 33.5 Å². The highest BCUT2D eigenvalue weighted by molar-refractivity contribution is 14.1. The number of hydrogen-bond donors (Lipinski definition) is 1. The lowest BCUT2D eigenvalue weighted by Gasteiger charge is -2.20. The Balaban J connectivity index is 1.65. The van der Waals surface area contributed by atoms with E-state index in [0.717, 1.165) is 37.0 Å².